The van der Waals surface area contributed by atoms with E-state index in [1.807, 2.05) is 0 Å². The highest BCUT2D eigenvalue weighted by Gasteiger charge is 2.64. The van der Waals surface area contributed by atoms with Crippen LogP contribution in [0.15, 0.2) is 18.2 Å². The van der Waals surface area contributed by atoms with Crippen molar-refractivity contribution in [1.82, 2.24) is 5.32 Å². The van der Waals surface area contributed by atoms with Crippen LogP contribution in [0.2, 0.25) is 5.02 Å². The minimum Gasteiger partial charge on any atom is -0.352 e. The molecule has 1 amide bonds. The molecule has 1 aromatic rings. The van der Waals surface area contributed by atoms with E-state index in [2.05, 4.69) is 33.0 Å². The third-order valence-corrected chi connectivity index (χ3v) is 5.51. The van der Waals surface area contributed by atoms with E-state index >= 15 is 0 Å². The summed E-state index contributed by atoms with van der Waals surface area (Å²) in [4.78, 5) is 22.3. The quantitative estimate of drug-likeness (QED) is 0.681. The van der Waals surface area contributed by atoms with Gasteiger partial charge in [0.1, 0.15) is 5.02 Å². The van der Waals surface area contributed by atoms with Crippen LogP contribution in [0.3, 0.4) is 0 Å². The Morgan fingerprint density at radius 1 is 1.33 bits per heavy atom. The first-order chi connectivity index (χ1) is 9.59. The third-order valence-electron chi connectivity index (χ3n) is 5.19. The maximum Gasteiger partial charge on any atom is 0.288 e. The lowest BCUT2D eigenvalue weighted by molar-refractivity contribution is -0.384. The molecule has 5 nitrogen and oxygen atoms in total. The van der Waals surface area contributed by atoms with Crippen molar-refractivity contribution in [2.24, 2.45) is 16.7 Å². The maximum absolute atomic E-state index is 12.1. The van der Waals surface area contributed by atoms with E-state index in [4.69, 9.17) is 11.6 Å². The van der Waals surface area contributed by atoms with Crippen LogP contribution in [-0.4, -0.2) is 17.4 Å². The normalized spacial score (nSPS) is 19.1. The summed E-state index contributed by atoms with van der Waals surface area (Å²) in [5.41, 5.74) is 0.372. The fourth-order valence-electron chi connectivity index (χ4n) is 2.93. The van der Waals surface area contributed by atoms with Gasteiger partial charge in [-0.3, -0.25) is 14.9 Å². The molecular weight excluding hydrogens is 292 g/mol. The zero-order chi connectivity index (χ0) is 16.0. The van der Waals surface area contributed by atoms with Gasteiger partial charge in [-0.1, -0.05) is 39.3 Å². The molecule has 0 spiro atoms. The number of carbonyl (C=O) groups is 1. The first-order valence-corrected chi connectivity index (χ1v) is 7.19. The van der Waals surface area contributed by atoms with Crippen molar-refractivity contribution in [3.05, 3.63) is 38.9 Å². The van der Waals surface area contributed by atoms with Crippen LogP contribution in [0.25, 0.3) is 0 Å². The summed E-state index contributed by atoms with van der Waals surface area (Å²) in [5, 5.41) is 13.7. The van der Waals surface area contributed by atoms with Crippen molar-refractivity contribution in [2.75, 3.05) is 6.54 Å². The number of hydrogen-bond acceptors (Lipinski definition) is 3. The van der Waals surface area contributed by atoms with Crippen molar-refractivity contribution in [1.29, 1.82) is 0 Å². The molecule has 1 fully saturated rings. The highest BCUT2D eigenvalue weighted by molar-refractivity contribution is 6.32. The predicted octanol–water partition coefficient (Wildman–Crippen LogP) is 3.66. The van der Waals surface area contributed by atoms with Gasteiger partial charge in [0.15, 0.2) is 0 Å². The van der Waals surface area contributed by atoms with Gasteiger partial charge in [-0.25, -0.2) is 0 Å². The monoisotopic (exact) mass is 310 g/mol. The minimum absolute atomic E-state index is 0.0287. The second-order valence-electron chi connectivity index (χ2n) is 6.63. The molecule has 0 atom stereocenters. The first-order valence-electron chi connectivity index (χ1n) is 6.81. The Balaban J connectivity index is 2.05. The minimum atomic E-state index is -0.591. The summed E-state index contributed by atoms with van der Waals surface area (Å²) in [6.45, 7) is 9.27. The summed E-state index contributed by atoms with van der Waals surface area (Å²) >= 11 is 5.73. The third kappa shape index (κ3) is 2.62. The van der Waals surface area contributed by atoms with Gasteiger partial charge in [0.25, 0.3) is 11.6 Å². The van der Waals surface area contributed by atoms with Gasteiger partial charge in [-0.2, -0.15) is 0 Å². The van der Waals surface area contributed by atoms with E-state index < -0.39 is 4.92 Å². The number of nitro groups is 1. The lowest BCUT2D eigenvalue weighted by Crippen LogP contribution is -2.27. The lowest BCUT2D eigenvalue weighted by atomic mass is 10.0. The standard InChI is InChI=1S/C15H19ClN2O3/c1-14(2)12(15(14,3)4)8-17-13(19)9-5-6-10(16)11(7-9)18(20)21/h5-7,12H,8H2,1-4H3,(H,17,19). The van der Waals surface area contributed by atoms with Crippen LogP contribution in [0.1, 0.15) is 38.1 Å². The Labute approximate surface area is 128 Å². The summed E-state index contributed by atoms with van der Waals surface area (Å²) in [5.74, 6) is 0.0875. The highest BCUT2D eigenvalue weighted by atomic mass is 35.5. The largest absolute Gasteiger partial charge is 0.352 e. The SMILES string of the molecule is CC1(C)C(CNC(=O)c2ccc(Cl)c([N+](=O)[O-])c2)C1(C)C. The number of rotatable bonds is 4. The molecule has 0 aromatic heterocycles. The molecule has 1 aliphatic carbocycles. The van der Waals surface area contributed by atoms with Gasteiger partial charge in [-0.15, -0.1) is 0 Å². The summed E-state index contributed by atoms with van der Waals surface area (Å²) < 4.78 is 0. The molecule has 0 saturated heterocycles. The summed E-state index contributed by atoms with van der Waals surface area (Å²) in [6.07, 6.45) is 0. The van der Waals surface area contributed by atoms with Crippen LogP contribution in [0, 0.1) is 26.9 Å². The maximum atomic E-state index is 12.1. The van der Waals surface area contributed by atoms with Gasteiger partial charge >= 0.3 is 0 Å². The molecule has 1 N–H and O–H groups in total. The Kier molecular flexibility index (Phi) is 3.74. The average Bonchev–Trinajstić information content (AvgIpc) is 2.77. The second-order valence-corrected chi connectivity index (χ2v) is 7.04. The van der Waals surface area contributed by atoms with E-state index in [-0.39, 0.29) is 33.0 Å². The smallest absolute Gasteiger partial charge is 0.288 e. The van der Waals surface area contributed by atoms with E-state index in [9.17, 15) is 14.9 Å². The van der Waals surface area contributed by atoms with Gasteiger partial charge in [0.2, 0.25) is 0 Å². The molecule has 0 radical (unpaired) electrons. The van der Waals surface area contributed by atoms with E-state index in [0.717, 1.165) is 0 Å². The molecule has 2 rings (SSSR count). The number of nitrogens with one attached hydrogen (secondary N) is 1. The number of carbonyl (C=O) groups excluding carboxylic acids is 1. The molecule has 1 aliphatic rings. The molecule has 1 aromatic carbocycles. The van der Waals surface area contributed by atoms with Crippen molar-refractivity contribution >= 4 is 23.2 Å². The van der Waals surface area contributed by atoms with Gasteiger partial charge < -0.3 is 5.32 Å². The van der Waals surface area contributed by atoms with Crippen LogP contribution < -0.4 is 5.32 Å². The topological polar surface area (TPSA) is 72.2 Å². The van der Waals surface area contributed by atoms with E-state index in [0.29, 0.717) is 12.5 Å². The molecule has 21 heavy (non-hydrogen) atoms. The van der Waals surface area contributed by atoms with Crippen molar-refractivity contribution in [3.8, 4) is 0 Å². The van der Waals surface area contributed by atoms with Crippen LogP contribution in [0.4, 0.5) is 5.69 Å². The summed E-state index contributed by atoms with van der Waals surface area (Å²) in [6, 6.07) is 4.08. The molecule has 0 bridgehead atoms. The molecule has 114 valence electrons. The lowest BCUT2D eigenvalue weighted by Gasteiger charge is -2.07. The predicted molar refractivity (Wildman–Crippen MR) is 81.5 cm³/mol. The van der Waals surface area contributed by atoms with Crippen LogP contribution in [0.5, 0.6) is 0 Å². The number of hydrogen-bond donors (Lipinski definition) is 1. The molecule has 0 aliphatic heterocycles. The molecule has 1 saturated carbocycles. The number of benzene rings is 1. The number of halogens is 1. The Bertz CT molecular complexity index is 597. The van der Waals surface area contributed by atoms with Crippen LogP contribution >= 0.6 is 11.6 Å². The Hall–Kier alpha value is -1.62. The fourth-order valence-corrected chi connectivity index (χ4v) is 3.12. The van der Waals surface area contributed by atoms with Crippen LogP contribution in [-0.2, 0) is 0 Å². The molecular formula is C15H19ClN2O3. The van der Waals surface area contributed by atoms with Gasteiger partial charge in [0.05, 0.1) is 4.92 Å². The molecule has 0 heterocycles. The fraction of sp³-hybridized carbons (Fsp3) is 0.533. The summed E-state index contributed by atoms with van der Waals surface area (Å²) in [7, 11) is 0. The molecule has 6 heteroatoms. The molecule has 0 unspecified atom stereocenters. The Morgan fingerprint density at radius 2 is 1.90 bits per heavy atom. The van der Waals surface area contributed by atoms with Gasteiger partial charge in [-0.05, 0) is 28.9 Å². The zero-order valence-electron chi connectivity index (χ0n) is 12.6. The zero-order valence-corrected chi connectivity index (χ0v) is 13.3. The number of nitrogens with zero attached hydrogens (tertiary/aromatic N) is 1. The van der Waals surface area contributed by atoms with Crippen molar-refractivity contribution in [2.45, 2.75) is 27.7 Å². The van der Waals surface area contributed by atoms with Gasteiger partial charge in [0, 0.05) is 18.2 Å². The van der Waals surface area contributed by atoms with Crippen molar-refractivity contribution < 1.29 is 9.72 Å². The average molecular weight is 311 g/mol. The number of amides is 1. The highest BCUT2D eigenvalue weighted by Crippen LogP contribution is 2.67. The van der Waals surface area contributed by atoms with E-state index in [1.54, 1.807) is 0 Å². The second kappa shape index (κ2) is 4.98. The number of nitro benzene ring substituents is 1. The van der Waals surface area contributed by atoms with Crippen molar-refractivity contribution in [3.63, 3.8) is 0 Å². The first kappa shape index (κ1) is 15.8. The van der Waals surface area contributed by atoms with E-state index in [1.165, 1.54) is 18.2 Å². The Morgan fingerprint density at radius 3 is 2.38 bits per heavy atom.